The maximum Gasteiger partial charge on any atom is 0.0620 e. The molecular weight excluding hydrogens is 236 g/mol. The Balaban J connectivity index is 1.54. The Kier molecular flexibility index (Phi) is 2.64. The van der Waals surface area contributed by atoms with E-state index in [2.05, 4.69) is 40.8 Å². The number of aromatic amines is 1. The van der Waals surface area contributed by atoms with E-state index in [0.717, 1.165) is 26.1 Å². The zero-order valence-corrected chi connectivity index (χ0v) is 11.1. The molecule has 0 amide bonds. The summed E-state index contributed by atoms with van der Waals surface area (Å²) in [5, 5.41) is 5.20. The molecule has 2 fully saturated rings. The smallest absolute Gasteiger partial charge is 0.0620 e. The summed E-state index contributed by atoms with van der Waals surface area (Å²) in [7, 11) is 0. The molecule has 1 aromatic carbocycles. The average Bonchev–Trinajstić information content (AvgIpc) is 2.85. The van der Waals surface area contributed by atoms with E-state index in [-0.39, 0.29) is 0 Å². The number of fused-ring (bicyclic) bond motifs is 1. The van der Waals surface area contributed by atoms with Gasteiger partial charge in [-0.25, -0.2) is 0 Å². The first kappa shape index (κ1) is 11.5. The Morgan fingerprint density at radius 2 is 2.21 bits per heavy atom. The van der Waals surface area contributed by atoms with Crippen molar-refractivity contribution in [3.05, 3.63) is 36.0 Å². The van der Waals surface area contributed by atoms with Crippen LogP contribution in [0, 0.1) is 0 Å². The number of nitrogens with one attached hydrogen (secondary N) is 2. The second-order valence-electron chi connectivity index (χ2n) is 6.02. The summed E-state index contributed by atoms with van der Waals surface area (Å²) in [6.45, 7) is 1.80. The van der Waals surface area contributed by atoms with Gasteiger partial charge in [-0.3, -0.25) is 0 Å². The van der Waals surface area contributed by atoms with Gasteiger partial charge >= 0.3 is 0 Å². The van der Waals surface area contributed by atoms with E-state index in [1.165, 1.54) is 29.3 Å². The third-order valence-electron chi connectivity index (χ3n) is 4.50. The standard InChI is InChI=1S/C16H20N2O/c1-2-4-15-14(3-1)12(10-17-15)9-16(6-7-16)18-13-5-8-19-11-13/h1-4,10,13,17-18H,5-9,11H2. The molecule has 19 heavy (non-hydrogen) atoms. The molecule has 1 unspecified atom stereocenters. The lowest BCUT2D eigenvalue weighted by Gasteiger charge is -2.21. The Morgan fingerprint density at radius 1 is 1.32 bits per heavy atom. The number of aromatic nitrogens is 1. The molecular formula is C16H20N2O. The molecule has 2 N–H and O–H groups in total. The van der Waals surface area contributed by atoms with Crippen molar-refractivity contribution in [2.75, 3.05) is 13.2 Å². The lowest BCUT2D eigenvalue weighted by atomic mass is 10.0. The molecule has 0 radical (unpaired) electrons. The average molecular weight is 256 g/mol. The quantitative estimate of drug-likeness (QED) is 0.882. The van der Waals surface area contributed by atoms with Crippen LogP contribution in [0.2, 0.25) is 0 Å². The highest BCUT2D eigenvalue weighted by atomic mass is 16.5. The van der Waals surface area contributed by atoms with Gasteiger partial charge in [0.05, 0.1) is 6.61 Å². The molecule has 100 valence electrons. The Bertz CT molecular complexity index is 579. The van der Waals surface area contributed by atoms with Crippen molar-refractivity contribution in [3.63, 3.8) is 0 Å². The van der Waals surface area contributed by atoms with Crippen molar-refractivity contribution in [2.24, 2.45) is 0 Å². The molecule has 3 nitrogen and oxygen atoms in total. The van der Waals surface area contributed by atoms with Crippen molar-refractivity contribution in [1.82, 2.24) is 10.3 Å². The van der Waals surface area contributed by atoms with Gasteiger partial charge in [-0.05, 0) is 37.3 Å². The lowest BCUT2D eigenvalue weighted by Crippen LogP contribution is -2.41. The highest BCUT2D eigenvalue weighted by molar-refractivity contribution is 5.83. The van der Waals surface area contributed by atoms with Crippen molar-refractivity contribution in [3.8, 4) is 0 Å². The van der Waals surface area contributed by atoms with Crippen LogP contribution < -0.4 is 5.32 Å². The molecule has 1 aromatic heterocycles. The SMILES string of the molecule is c1ccc2c(CC3(NC4CCOC4)CC3)c[nH]c2c1. The molecule has 2 aliphatic rings. The second-order valence-corrected chi connectivity index (χ2v) is 6.02. The molecule has 1 aliphatic heterocycles. The van der Waals surface area contributed by atoms with Crippen LogP contribution in [0.5, 0.6) is 0 Å². The van der Waals surface area contributed by atoms with Crippen LogP contribution in [0.3, 0.4) is 0 Å². The van der Waals surface area contributed by atoms with Crippen molar-refractivity contribution < 1.29 is 4.74 Å². The van der Waals surface area contributed by atoms with E-state index in [0.29, 0.717) is 11.6 Å². The minimum atomic E-state index is 0.337. The lowest BCUT2D eigenvalue weighted by molar-refractivity contribution is 0.187. The summed E-state index contributed by atoms with van der Waals surface area (Å²) >= 11 is 0. The Labute approximate surface area is 113 Å². The maximum absolute atomic E-state index is 5.47. The highest BCUT2D eigenvalue weighted by Crippen LogP contribution is 2.40. The van der Waals surface area contributed by atoms with E-state index in [1.54, 1.807) is 0 Å². The fourth-order valence-corrected chi connectivity index (χ4v) is 3.25. The number of hydrogen-bond acceptors (Lipinski definition) is 2. The van der Waals surface area contributed by atoms with Gasteiger partial charge < -0.3 is 15.0 Å². The number of para-hydroxylation sites is 1. The van der Waals surface area contributed by atoms with Gasteiger partial charge in [0.25, 0.3) is 0 Å². The topological polar surface area (TPSA) is 37.0 Å². The molecule has 2 heterocycles. The monoisotopic (exact) mass is 256 g/mol. The van der Waals surface area contributed by atoms with E-state index in [9.17, 15) is 0 Å². The minimum absolute atomic E-state index is 0.337. The van der Waals surface area contributed by atoms with Crippen LogP contribution in [0.1, 0.15) is 24.8 Å². The van der Waals surface area contributed by atoms with Gasteiger partial charge in [0.1, 0.15) is 0 Å². The van der Waals surface area contributed by atoms with Crippen LogP contribution in [0.4, 0.5) is 0 Å². The van der Waals surface area contributed by atoms with E-state index in [1.807, 2.05) is 0 Å². The third kappa shape index (κ3) is 2.17. The van der Waals surface area contributed by atoms with Gasteiger partial charge in [0.2, 0.25) is 0 Å². The predicted molar refractivity (Wildman–Crippen MR) is 76.3 cm³/mol. The molecule has 3 heteroatoms. The fraction of sp³-hybridized carbons (Fsp3) is 0.500. The summed E-state index contributed by atoms with van der Waals surface area (Å²) in [4.78, 5) is 3.38. The number of rotatable bonds is 4. The molecule has 1 saturated heterocycles. The van der Waals surface area contributed by atoms with Crippen molar-refractivity contribution in [1.29, 1.82) is 0 Å². The highest BCUT2D eigenvalue weighted by Gasteiger charge is 2.44. The van der Waals surface area contributed by atoms with E-state index in [4.69, 9.17) is 4.74 Å². The van der Waals surface area contributed by atoms with Crippen LogP contribution >= 0.6 is 0 Å². The van der Waals surface area contributed by atoms with Crippen LogP contribution in [-0.2, 0) is 11.2 Å². The summed E-state index contributed by atoms with van der Waals surface area (Å²) in [5.74, 6) is 0. The third-order valence-corrected chi connectivity index (χ3v) is 4.50. The molecule has 2 aromatic rings. The predicted octanol–water partition coefficient (Wildman–Crippen LogP) is 2.62. The number of H-pyrrole nitrogens is 1. The van der Waals surface area contributed by atoms with Crippen molar-refractivity contribution in [2.45, 2.75) is 37.3 Å². The molecule has 1 aliphatic carbocycles. The Morgan fingerprint density at radius 3 is 3.00 bits per heavy atom. The molecule has 4 rings (SSSR count). The van der Waals surface area contributed by atoms with Gasteiger partial charge in [0, 0.05) is 35.3 Å². The van der Waals surface area contributed by atoms with Crippen molar-refractivity contribution >= 4 is 10.9 Å². The zero-order valence-electron chi connectivity index (χ0n) is 11.1. The van der Waals surface area contributed by atoms with Crippen LogP contribution in [-0.4, -0.2) is 29.8 Å². The summed E-state index contributed by atoms with van der Waals surface area (Å²) < 4.78 is 5.47. The molecule has 0 spiro atoms. The molecule has 1 atom stereocenters. The number of benzene rings is 1. The Hall–Kier alpha value is -1.32. The first-order valence-corrected chi connectivity index (χ1v) is 7.25. The summed E-state index contributed by atoms with van der Waals surface area (Å²) in [5.41, 5.74) is 3.03. The summed E-state index contributed by atoms with van der Waals surface area (Å²) in [6, 6.07) is 9.14. The van der Waals surface area contributed by atoms with E-state index < -0.39 is 0 Å². The number of ether oxygens (including phenoxy) is 1. The van der Waals surface area contributed by atoms with E-state index >= 15 is 0 Å². The van der Waals surface area contributed by atoms with Gasteiger partial charge in [0.15, 0.2) is 0 Å². The molecule has 0 bridgehead atoms. The van der Waals surface area contributed by atoms with Crippen LogP contribution in [0.15, 0.2) is 30.5 Å². The summed E-state index contributed by atoms with van der Waals surface area (Å²) in [6.07, 6.45) is 7.06. The zero-order chi connectivity index (χ0) is 12.7. The van der Waals surface area contributed by atoms with Gasteiger partial charge in [-0.1, -0.05) is 18.2 Å². The first-order valence-electron chi connectivity index (χ1n) is 7.25. The van der Waals surface area contributed by atoms with Gasteiger partial charge in [-0.2, -0.15) is 0 Å². The van der Waals surface area contributed by atoms with Crippen LogP contribution in [0.25, 0.3) is 10.9 Å². The number of hydrogen-bond donors (Lipinski definition) is 2. The fourth-order valence-electron chi connectivity index (χ4n) is 3.25. The van der Waals surface area contributed by atoms with Gasteiger partial charge in [-0.15, -0.1) is 0 Å². The maximum atomic E-state index is 5.47. The first-order chi connectivity index (χ1) is 9.35. The largest absolute Gasteiger partial charge is 0.380 e. The normalized spacial score (nSPS) is 24.9. The second kappa shape index (κ2) is 4.36. The minimum Gasteiger partial charge on any atom is -0.380 e. The molecule has 1 saturated carbocycles.